The summed E-state index contributed by atoms with van der Waals surface area (Å²) in [7, 11) is 0. The molecule has 0 aliphatic heterocycles. The Bertz CT molecular complexity index is 448. The van der Waals surface area contributed by atoms with Crippen LogP contribution in [0.5, 0.6) is 0 Å². The molecule has 0 aliphatic rings. The third-order valence-electron chi connectivity index (χ3n) is 2.71. The van der Waals surface area contributed by atoms with Crippen molar-refractivity contribution in [2.24, 2.45) is 5.73 Å². The van der Waals surface area contributed by atoms with Crippen LogP contribution in [-0.2, 0) is 16.1 Å². The average molecular weight is 296 g/mol. The lowest BCUT2D eigenvalue weighted by atomic mass is 10.2. The number of carbonyl (C=O) groups excluding carboxylic acids is 2. The molecule has 0 radical (unpaired) electrons. The summed E-state index contributed by atoms with van der Waals surface area (Å²) < 4.78 is 5.21. The molecule has 0 unspecified atom stereocenters. The molecular formula is C14H20N2O3S. The second-order valence-corrected chi connectivity index (χ2v) is 5.42. The lowest BCUT2D eigenvalue weighted by Gasteiger charge is -2.16. The number of rotatable bonds is 7. The van der Waals surface area contributed by atoms with Gasteiger partial charge in [-0.15, -0.1) is 0 Å². The number of aryl methyl sites for hydroxylation is 1. The second kappa shape index (κ2) is 8.47. The molecule has 1 aromatic carbocycles. The molecule has 110 valence electrons. The molecule has 0 aliphatic carbocycles. The Kier molecular flexibility index (Phi) is 6.93. The van der Waals surface area contributed by atoms with Crippen molar-refractivity contribution < 1.29 is 14.3 Å². The molecule has 0 saturated heterocycles. The molecule has 5 nitrogen and oxygen atoms in total. The predicted octanol–water partition coefficient (Wildman–Crippen LogP) is 1.83. The number of urea groups is 1. The van der Waals surface area contributed by atoms with E-state index in [0.29, 0.717) is 6.42 Å². The summed E-state index contributed by atoms with van der Waals surface area (Å²) in [4.78, 5) is 22.8. The molecule has 0 saturated carbocycles. The molecule has 0 spiro atoms. The van der Waals surface area contributed by atoms with Crippen LogP contribution in [0.2, 0.25) is 0 Å². The summed E-state index contributed by atoms with van der Waals surface area (Å²) in [5, 5.41) is 2.41. The number of primary amides is 1. The number of amides is 2. The third kappa shape index (κ3) is 5.97. The Morgan fingerprint density at radius 2 is 2.00 bits per heavy atom. The standard InChI is InChI=1S/C14H20N2O3S/c1-10-3-5-11(6-4-10)9-19-13(17)12(7-8-20-2)16-14(15)18/h3-6,12H,7-9H2,1-2H3,(H3,15,16,18)/t12-/m0/s1. The minimum Gasteiger partial charge on any atom is -0.459 e. The zero-order valence-corrected chi connectivity index (χ0v) is 12.5. The maximum Gasteiger partial charge on any atom is 0.329 e. The van der Waals surface area contributed by atoms with Crippen molar-refractivity contribution in [1.29, 1.82) is 0 Å². The highest BCUT2D eigenvalue weighted by atomic mass is 32.2. The summed E-state index contributed by atoms with van der Waals surface area (Å²) in [5.74, 6) is 0.281. The number of hydrogen-bond donors (Lipinski definition) is 2. The Hall–Kier alpha value is -1.69. The van der Waals surface area contributed by atoms with Crippen molar-refractivity contribution in [3.05, 3.63) is 35.4 Å². The van der Waals surface area contributed by atoms with Gasteiger partial charge >= 0.3 is 12.0 Å². The number of ether oxygens (including phenoxy) is 1. The Morgan fingerprint density at radius 1 is 1.35 bits per heavy atom. The summed E-state index contributed by atoms with van der Waals surface area (Å²) in [6.45, 7) is 2.18. The second-order valence-electron chi connectivity index (χ2n) is 4.44. The van der Waals surface area contributed by atoms with Crippen LogP contribution in [0.25, 0.3) is 0 Å². The first-order valence-corrected chi connectivity index (χ1v) is 7.69. The summed E-state index contributed by atoms with van der Waals surface area (Å²) in [5.41, 5.74) is 7.12. The number of carbonyl (C=O) groups is 2. The maximum absolute atomic E-state index is 11.9. The first kappa shape index (κ1) is 16.4. The molecule has 20 heavy (non-hydrogen) atoms. The third-order valence-corrected chi connectivity index (χ3v) is 3.36. The molecule has 0 bridgehead atoms. The fraction of sp³-hybridized carbons (Fsp3) is 0.429. The summed E-state index contributed by atoms with van der Waals surface area (Å²) in [6.07, 6.45) is 2.43. The summed E-state index contributed by atoms with van der Waals surface area (Å²) in [6, 6.07) is 6.31. The highest BCUT2D eigenvalue weighted by Gasteiger charge is 2.20. The van der Waals surface area contributed by atoms with Crippen molar-refractivity contribution in [2.45, 2.75) is 26.0 Å². The van der Waals surface area contributed by atoms with Crippen molar-refractivity contribution in [2.75, 3.05) is 12.0 Å². The van der Waals surface area contributed by atoms with Gasteiger partial charge in [0.2, 0.25) is 0 Å². The Morgan fingerprint density at radius 3 is 2.55 bits per heavy atom. The van der Waals surface area contributed by atoms with Crippen molar-refractivity contribution in [1.82, 2.24) is 5.32 Å². The van der Waals surface area contributed by atoms with E-state index in [1.54, 1.807) is 11.8 Å². The van der Waals surface area contributed by atoms with E-state index in [0.717, 1.165) is 16.9 Å². The Balaban J connectivity index is 2.51. The summed E-state index contributed by atoms with van der Waals surface area (Å²) >= 11 is 1.59. The van der Waals surface area contributed by atoms with E-state index in [4.69, 9.17) is 10.5 Å². The van der Waals surface area contributed by atoms with Gasteiger partial charge in [0.25, 0.3) is 0 Å². The van der Waals surface area contributed by atoms with Crippen LogP contribution in [0, 0.1) is 6.92 Å². The van der Waals surface area contributed by atoms with Crippen molar-refractivity contribution in [3.63, 3.8) is 0 Å². The molecule has 0 aromatic heterocycles. The first-order chi connectivity index (χ1) is 9.52. The minimum absolute atomic E-state index is 0.190. The zero-order valence-electron chi connectivity index (χ0n) is 11.7. The molecule has 6 heteroatoms. The maximum atomic E-state index is 11.9. The van der Waals surface area contributed by atoms with Gasteiger partial charge in [0.15, 0.2) is 0 Å². The van der Waals surface area contributed by atoms with Gasteiger partial charge in [-0.3, -0.25) is 0 Å². The number of nitrogens with one attached hydrogen (secondary N) is 1. The number of hydrogen-bond acceptors (Lipinski definition) is 4. The van der Waals surface area contributed by atoms with E-state index < -0.39 is 18.0 Å². The number of nitrogens with two attached hydrogens (primary N) is 1. The van der Waals surface area contributed by atoms with Gasteiger partial charge in [0.05, 0.1) is 0 Å². The number of esters is 1. The van der Waals surface area contributed by atoms with Crippen LogP contribution in [-0.4, -0.2) is 30.1 Å². The number of thioether (sulfide) groups is 1. The number of benzene rings is 1. The largest absolute Gasteiger partial charge is 0.459 e. The highest BCUT2D eigenvalue weighted by molar-refractivity contribution is 7.98. The normalized spacial score (nSPS) is 11.7. The molecule has 0 fully saturated rings. The van der Waals surface area contributed by atoms with Gasteiger partial charge in [-0.2, -0.15) is 11.8 Å². The highest BCUT2D eigenvalue weighted by Crippen LogP contribution is 2.07. The van der Waals surface area contributed by atoms with Gasteiger partial charge in [0, 0.05) is 0 Å². The molecule has 1 atom stereocenters. The topological polar surface area (TPSA) is 81.4 Å². The monoisotopic (exact) mass is 296 g/mol. The van der Waals surface area contributed by atoms with Gasteiger partial charge < -0.3 is 15.8 Å². The molecule has 2 amide bonds. The average Bonchev–Trinajstić information content (AvgIpc) is 2.42. The van der Waals surface area contributed by atoms with Gasteiger partial charge in [0.1, 0.15) is 12.6 Å². The van der Waals surface area contributed by atoms with Gasteiger partial charge in [-0.1, -0.05) is 29.8 Å². The van der Waals surface area contributed by atoms with Crippen molar-refractivity contribution in [3.8, 4) is 0 Å². The minimum atomic E-state index is -0.719. The first-order valence-electron chi connectivity index (χ1n) is 6.30. The quantitative estimate of drug-likeness (QED) is 0.752. The fourth-order valence-electron chi connectivity index (χ4n) is 1.60. The zero-order chi connectivity index (χ0) is 15.0. The van der Waals surface area contributed by atoms with Crippen molar-refractivity contribution >= 4 is 23.8 Å². The molecular weight excluding hydrogens is 276 g/mol. The van der Waals surface area contributed by atoms with Crippen LogP contribution in [0.3, 0.4) is 0 Å². The van der Waals surface area contributed by atoms with Gasteiger partial charge in [-0.25, -0.2) is 9.59 Å². The fourth-order valence-corrected chi connectivity index (χ4v) is 2.07. The predicted molar refractivity (Wildman–Crippen MR) is 80.5 cm³/mol. The molecule has 1 rings (SSSR count). The van der Waals surface area contributed by atoms with E-state index in [1.807, 2.05) is 37.4 Å². The van der Waals surface area contributed by atoms with E-state index in [9.17, 15) is 9.59 Å². The van der Waals surface area contributed by atoms with E-state index in [1.165, 1.54) is 0 Å². The van der Waals surface area contributed by atoms with Crippen LogP contribution in [0.4, 0.5) is 4.79 Å². The molecule has 1 aromatic rings. The van der Waals surface area contributed by atoms with Crippen LogP contribution in [0.15, 0.2) is 24.3 Å². The van der Waals surface area contributed by atoms with E-state index >= 15 is 0 Å². The smallest absolute Gasteiger partial charge is 0.329 e. The molecule has 3 N–H and O–H groups in total. The SMILES string of the molecule is CSCC[C@H](NC(N)=O)C(=O)OCc1ccc(C)cc1. The van der Waals surface area contributed by atoms with E-state index in [-0.39, 0.29) is 6.61 Å². The van der Waals surface area contributed by atoms with E-state index in [2.05, 4.69) is 5.32 Å². The van der Waals surface area contributed by atoms with Gasteiger partial charge in [-0.05, 0) is 30.9 Å². The lowest BCUT2D eigenvalue weighted by molar-refractivity contribution is -0.147. The van der Waals surface area contributed by atoms with Crippen LogP contribution >= 0.6 is 11.8 Å². The van der Waals surface area contributed by atoms with Crippen LogP contribution in [0.1, 0.15) is 17.5 Å². The lowest BCUT2D eigenvalue weighted by Crippen LogP contribution is -2.44. The molecule has 0 heterocycles. The Labute approximate surface area is 123 Å². The van der Waals surface area contributed by atoms with Crippen LogP contribution < -0.4 is 11.1 Å².